The average Bonchev–Trinajstić information content (AvgIpc) is 1.96. The number of carboxylic acids is 1. The van der Waals surface area contributed by atoms with Gasteiger partial charge in [0.05, 0.1) is 6.61 Å². The zero-order chi connectivity index (χ0) is 10.6. The van der Waals surface area contributed by atoms with Crippen molar-refractivity contribution in [2.75, 3.05) is 6.61 Å². The highest BCUT2D eigenvalue weighted by Gasteiger charge is 2.33. The summed E-state index contributed by atoms with van der Waals surface area (Å²) in [5, 5.41) is 18.7. The zero-order valence-corrected chi connectivity index (χ0v) is 8.40. The fraction of sp³-hybridized carbons (Fsp3) is 0.600. The molecule has 0 spiro atoms. The Bertz CT molecular complexity index is 214. The maximum Gasteiger partial charge on any atom is 0.328 e. The Kier molecular flexibility index (Phi) is 4.77. The van der Waals surface area contributed by atoms with E-state index in [-0.39, 0.29) is 0 Å². The van der Waals surface area contributed by atoms with Crippen LogP contribution in [0.1, 0.15) is 0 Å². The number of nitrogens with one attached hydrogen (secondary N) is 1. The molecule has 0 aliphatic carbocycles. The lowest BCUT2D eigenvalue weighted by molar-refractivity contribution is -0.142. The van der Waals surface area contributed by atoms with Gasteiger partial charge in [-0.25, -0.2) is 4.79 Å². The molecule has 0 radical (unpaired) electrons. The molecule has 0 aliphatic heterocycles. The minimum atomic E-state index is -2.23. The minimum absolute atomic E-state index is 0.776. The summed E-state index contributed by atoms with van der Waals surface area (Å²) in [5.41, 5.74) is 0. The molecule has 1 atom stereocenters. The number of rotatable bonds is 3. The SMILES string of the molecule is O=C(O)C(CO)NC(=O)C(Cl)(Cl)Cl. The molecular formula is C5H6Cl3NO4. The molecule has 0 rings (SSSR count). The van der Waals surface area contributed by atoms with Crippen molar-refractivity contribution in [3.05, 3.63) is 0 Å². The van der Waals surface area contributed by atoms with E-state index >= 15 is 0 Å². The van der Waals surface area contributed by atoms with Crippen LogP contribution in [0.15, 0.2) is 0 Å². The van der Waals surface area contributed by atoms with Crippen LogP contribution in [-0.2, 0) is 9.59 Å². The van der Waals surface area contributed by atoms with E-state index in [1.807, 2.05) is 5.32 Å². The number of carbonyl (C=O) groups is 2. The molecule has 13 heavy (non-hydrogen) atoms. The van der Waals surface area contributed by atoms with Crippen LogP contribution in [-0.4, -0.2) is 38.5 Å². The summed E-state index contributed by atoms with van der Waals surface area (Å²) in [6.07, 6.45) is 0. The van der Waals surface area contributed by atoms with Gasteiger partial charge in [-0.15, -0.1) is 0 Å². The molecule has 8 heteroatoms. The van der Waals surface area contributed by atoms with Gasteiger partial charge in [0.2, 0.25) is 0 Å². The van der Waals surface area contributed by atoms with Crippen molar-refractivity contribution in [1.29, 1.82) is 0 Å². The van der Waals surface area contributed by atoms with Gasteiger partial charge < -0.3 is 15.5 Å². The van der Waals surface area contributed by atoms with Gasteiger partial charge in [-0.3, -0.25) is 4.79 Å². The van der Waals surface area contributed by atoms with Crippen LogP contribution >= 0.6 is 34.8 Å². The number of amides is 1. The summed E-state index contributed by atoms with van der Waals surface area (Å²) in [6.45, 7) is -0.776. The fourth-order valence-corrected chi connectivity index (χ4v) is 0.589. The van der Waals surface area contributed by atoms with Crippen molar-refractivity contribution < 1.29 is 19.8 Å². The second-order valence-corrected chi connectivity index (χ2v) is 4.33. The maximum absolute atomic E-state index is 10.9. The Hall–Kier alpha value is -0.230. The monoisotopic (exact) mass is 249 g/mol. The van der Waals surface area contributed by atoms with Crippen molar-refractivity contribution >= 4 is 46.7 Å². The molecule has 5 nitrogen and oxygen atoms in total. The highest BCUT2D eigenvalue weighted by atomic mass is 35.6. The van der Waals surface area contributed by atoms with Crippen LogP contribution in [0.25, 0.3) is 0 Å². The van der Waals surface area contributed by atoms with E-state index in [9.17, 15) is 9.59 Å². The van der Waals surface area contributed by atoms with Gasteiger partial charge in [-0.1, -0.05) is 34.8 Å². The number of aliphatic hydroxyl groups is 1. The number of aliphatic carboxylic acids is 1. The number of hydrogen-bond donors (Lipinski definition) is 3. The lowest BCUT2D eigenvalue weighted by Gasteiger charge is -2.15. The van der Waals surface area contributed by atoms with Crippen molar-refractivity contribution in [3.8, 4) is 0 Å². The molecule has 0 aromatic rings. The fourth-order valence-electron chi connectivity index (χ4n) is 0.426. The van der Waals surface area contributed by atoms with Crippen LogP contribution in [0.3, 0.4) is 0 Å². The largest absolute Gasteiger partial charge is 0.480 e. The van der Waals surface area contributed by atoms with Crippen molar-refractivity contribution in [2.45, 2.75) is 9.83 Å². The zero-order valence-electron chi connectivity index (χ0n) is 6.13. The summed E-state index contributed by atoms with van der Waals surface area (Å²) in [7, 11) is 0. The quantitative estimate of drug-likeness (QED) is 0.611. The highest BCUT2D eigenvalue weighted by Crippen LogP contribution is 2.25. The van der Waals surface area contributed by atoms with E-state index in [1.54, 1.807) is 0 Å². The van der Waals surface area contributed by atoms with Crippen molar-refractivity contribution in [1.82, 2.24) is 5.32 Å². The molecule has 0 saturated heterocycles. The molecule has 0 saturated carbocycles. The lowest BCUT2D eigenvalue weighted by Crippen LogP contribution is -2.47. The molecule has 0 bridgehead atoms. The predicted molar refractivity (Wildman–Crippen MR) is 46.9 cm³/mol. The van der Waals surface area contributed by atoms with E-state index in [4.69, 9.17) is 45.0 Å². The first-order valence-electron chi connectivity index (χ1n) is 3.00. The number of halogens is 3. The Morgan fingerprint density at radius 3 is 2.08 bits per heavy atom. The Labute approximate surface area is 88.6 Å². The van der Waals surface area contributed by atoms with Crippen LogP contribution in [0.5, 0.6) is 0 Å². The Morgan fingerprint density at radius 2 is 1.85 bits per heavy atom. The topological polar surface area (TPSA) is 86.6 Å². The molecule has 0 fully saturated rings. The van der Waals surface area contributed by atoms with E-state index in [0.717, 1.165) is 0 Å². The third-order valence-electron chi connectivity index (χ3n) is 1.04. The van der Waals surface area contributed by atoms with Crippen LogP contribution in [0.4, 0.5) is 0 Å². The number of aliphatic hydroxyl groups excluding tert-OH is 1. The summed E-state index contributed by atoms with van der Waals surface area (Å²) >= 11 is 15.4. The third kappa shape index (κ3) is 4.52. The Balaban J connectivity index is 4.26. The van der Waals surface area contributed by atoms with Crippen LogP contribution in [0, 0.1) is 0 Å². The first kappa shape index (κ1) is 12.8. The van der Waals surface area contributed by atoms with E-state index in [0.29, 0.717) is 0 Å². The summed E-state index contributed by atoms with van der Waals surface area (Å²) < 4.78 is -2.23. The van der Waals surface area contributed by atoms with Gasteiger partial charge in [-0.2, -0.15) is 0 Å². The predicted octanol–water partition coefficient (Wildman–Crippen LogP) is -0.0817. The molecule has 1 amide bonds. The molecule has 3 N–H and O–H groups in total. The first-order valence-corrected chi connectivity index (χ1v) is 4.13. The maximum atomic E-state index is 10.9. The van der Waals surface area contributed by atoms with Gasteiger partial charge in [0.1, 0.15) is 6.04 Å². The molecule has 0 aromatic heterocycles. The number of hydrogen-bond acceptors (Lipinski definition) is 3. The summed E-state index contributed by atoms with van der Waals surface area (Å²) in [5.74, 6) is -2.51. The molecular weight excluding hydrogens is 244 g/mol. The van der Waals surface area contributed by atoms with Gasteiger partial charge in [0, 0.05) is 0 Å². The standard InChI is InChI=1S/C5H6Cl3NO4/c6-5(7,8)4(13)9-2(1-10)3(11)12/h2,10H,1H2,(H,9,13)(H,11,12). The van der Waals surface area contributed by atoms with Crippen molar-refractivity contribution in [2.24, 2.45) is 0 Å². The smallest absolute Gasteiger partial charge is 0.328 e. The summed E-state index contributed by atoms with van der Waals surface area (Å²) in [4.78, 5) is 21.1. The van der Waals surface area contributed by atoms with E-state index in [2.05, 4.69) is 0 Å². The van der Waals surface area contributed by atoms with Gasteiger partial charge in [-0.05, 0) is 0 Å². The second-order valence-electron chi connectivity index (χ2n) is 2.04. The average molecular weight is 250 g/mol. The van der Waals surface area contributed by atoms with Crippen LogP contribution < -0.4 is 5.32 Å². The number of carbonyl (C=O) groups excluding carboxylic acids is 1. The molecule has 1 unspecified atom stereocenters. The number of alkyl halides is 3. The third-order valence-corrected chi connectivity index (χ3v) is 1.56. The van der Waals surface area contributed by atoms with Crippen molar-refractivity contribution in [3.63, 3.8) is 0 Å². The van der Waals surface area contributed by atoms with Gasteiger partial charge in [0.25, 0.3) is 9.70 Å². The van der Waals surface area contributed by atoms with Crippen LogP contribution in [0.2, 0.25) is 0 Å². The molecule has 0 heterocycles. The molecule has 76 valence electrons. The minimum Gasteiger partial charge on any atom is -0.480 e. The second kappa shape index (κ2) is 4.85. The highest BCUT2D eigenvalue weighted by molar-refractivity contribution is 6.76. The van der Waals surface area contributed by atoms with E-state index in [1.165, 1.54) is 0 Å². The van der Waals surface area contributed by atoms with E-state index < -0.39 is 28.3 Å². The molecule has 0 aliphatic rings. The normalized spacial score (nSPS) is 13.5. The van der Waals surface area contributed by atoms with Gasteiger partial charge >= 0.3 is 5.97 Å². The molecule has 0 aromatic carbocycles. The van der Waals surface area contributed by atoms with Gasteiger partial charge in [0.15, 0.2) is 0 Å². The summed E-state index contributed by atoms with van der Waals surface area (Å²) in [6, 6.07) is -1.47. The lowest BCUT2D eigenvalue weighted by atomic mass is 10.3. The number of carboxylic acid groups (broad SMARTS) is 1. The Morgan fingerprint density at radius 1 is 1.38 bits per heavy atom. The first-order chi connectivity index (χ1) is 5.79.